The molecular formula is C57H72FN11O19. The Morgan fingerprint density at radius 1 is 0.727 bits per heavy atom. The van der Waals surface area contributed by atoms with E-state index in [0.29, 0.717) is 65.0 Å². The molecule has 2 aromatic heterocycles. The number of pyridine rings is 2. The van der Waals surface area contributed by atoms with Crippen molar-refractivity contribution in [2.45, 2.75) is 83.1 Å². The minimum absolute atomic E-state index is 0.00523. The molecule has 8 rings (SSSR count). The first-order valence-electron chi connectivity index (χ1n) is 28.9. The van der Waals surface area contributed by atoms with Gasteiger partial charge in [-0.1, -0.05) is 6.92 Å². The lowest BCUT2D eigenvalue weighted by atomic mass is 9.81. The second-order valence-corrected chi connectivity index (χ2v) is 21.1. The fourth-order valence-corrected chi connectivity index (χ4v) is 10.6. The average Bonchev–Trinajstić information content (AvgIpc) is 1.45. The number of morpholine rings is 1. The number of fused-ring (bicyclic) bond motifs is 5. The first-order chi connectivity index (χ1) is 42.3. The molecule has 476 valence electrons. The molecule has 4 atom stereocenters. The van der Waals surface area contributed by atoms with Crippen LogP contribution < -0.4 is 42.8 Å². The molecule has 0 radical (unpaired) electrons. The van der Waals surface area contributed by atoms with Gasteiger partial charge in [-0.25, -0.2) is 9.37 Å². The lowest BCUT2D eigenvalue weighted by molar-refractivity contribution is -0.236. The highest BCUT2D eigenvalue weighted by molar-refractivity contribution is 6.13. The summed E-state index contributed by atoms with van der Waals surface area (Å²) in [6.07, 6.45) is 0.338. The smallest absolute Gasteiger partial charge is 0.257 e. The zero-order valence-electron chi connectivity index (χ0n) is 48.7. The molecule has 4 aliphatic heterocycles. The minimum Gasteiger partial charge on any atom is -0.380 e. The van der Waals surface area contributed by atoms with E-state index in [1.54, 1.807) is 19.9 Å². The number of aliphatic hydroxyl groups excluding tert-OH is 1. The van der Waals surface area contributed by atoms with E-state index < -0.39 is 121 Å². The number of rotatable bonds is 31. The van der Waals surface area contributed by atoms with Crippen molar-refractivity contribution in [3.8, 4) is 11.4 Å². The molecule has 6 heterocycles. The number of carbonyl (C=O) groups is 10. The molecule has 1 aromatic carbocycles. The van der Waals surface area contributed by atoms with Crippen LogP contribution in [0, 0.1) is 12.7 Å². The van der Waals surface area contributed by atoms with Crippen LogP contribution in [0.3, 0.4) is 0 Å². The van der Waals surface area contributed by atoms with Crippen LogP contribution in [0.15, 0.2) is 29.1 Å². The summed E-state index contributed by atoms with van der Waals surface area (Å²) in [7, 11) is 0. The van der Waals surface area contributed by atoms with Crippen molar-refractivity contribution in [3.05, 3.63) is 73.8 Å². The van der Waals surface area contributed by atoms with Gasteiger partial charge in [0.05, 0.1) is 135 Å². The van der Waals surface area contributed by atoms with Gasteiger partial charge >= 0.3 is 0 Å². The molecule has 10 amide bonds. The van der Waals surface area contributed by atoms with Crippen LogP contribution in [0.2, 0.25) is 0 Å². The van der Waals surface area contributed by atoms with Crippen molar-refractivity contribution >= 4 is 70.0 Å². The van der Waals surface area contributed by atoms with Gasteiger partial charge in [0.15, 0.2) is 12.4 Å². The Kier molecular flexibility index (Phi) is 22.9. The highest BCUT2D eigenvalue weighted by Crippen LogP contribution is 2.46. The van der Waals surface area contributed by atoms with Crippen molar-refractivity contribution in [2.24, 2.45) is 0 Å². The van der Waals surface area contributed by atoms with Gasteiger partial charge in [0.1, 0.15) is 11.4 Å². The molecule has 1 unspecified atom stereocenters. The van der Waals surface area contributed by atoms with Crippen LogP contribution in [0.25, 0.3) is 22.3 Å². The van der Waals surface area contributed by atoms with Crippen LogP contribution in [-0.4, -0.2) is 219 Å². The van der Waals surface area contributed by atoms with Crippen molar-refractivity contribution < 1.29 is 91.0 Å². The van der Waals surface area contributed by atoms with Crippen molar-refractivity contribution in [2.75, 3.05) is 118 Å². The molecule has 9 N–H and O–H groups in total. The molecule has 31 heteroatoms. The summed E-state index contributed by atoms with van der Waals surface area (Å²) in [4.78, 5) is 145. The third kappa shape index (κ3) is 16.3. The number of amides is 10. The van der Waals surface area contributed by atoms with Crippen molar-refractivity contribution in [3.63, 3.8) is 0 Å². The van der Waals surface area contributed by atoms with Crippen molar-refractivity contribution in [1.29, 1.82) is 0 Å². The highest BCUT2D eigenvalue weighted by Gasteiger charge is 2.45. The average molecular weight is 1230 g/mol. The standard InChI is InChI=1S/C57H72FN11O19/c1-3-57(82)36-22-40-53-34(29-69(40)55(80)35(36)31-88-56(57)81)52-38(5-4-33-32(2)37(58)23-39(65-53)51(33)52)66-54(79)41-30-67(12-15-87-41)50(78)28-64-47(75)27-63-46(74)26-62-45(73)25-61-44(72)24-60-43(71)9-13-83-16-18-85-20-21-86-19-17-84-14-10-59-42(70)8-11-68-48(76)6-7-49(68)77/h6-7,22-23,38,41,56,81-82H,3-5,8-21,24-31H2,1-2H3,(H,59,70)(H,60,71)(H,61,72)(H,62,73)(H,63,74)(H,64,75)(H,66,79)/t38-,41-,56?,57-/m1/s1. The molecule has 88 heavy (non-hydrogen) atoms. The summed E-state index contributed by atoms with van der Waals surface area (Å²) >= 11 is 0. The highest BCUT2D eigenvalue weighted by atomic mass is 19.1. The maximum atomic E-state index is 15.5. The van der Waals surface area contributed by atoms with E-state index in [1.165, 1.54) is 15.5 Å². The van der Waals surface area contributed by atoms with Crippen LogP contribution in [0.5, 0.6) is 0 Å². The monoisotopic (exact) mass is 1230 g/mol. The Bertz CT molecular complexity index is 3270. The number of imide groups is 1. The third-order valence-corrected chi connectivity index (χ3v) is 15.4. The van der Waals surface area contributed by atoms with E-state index in [2.05, 4.69) is 37.2 Å². The van der Waals surface area contributed by atoms with E-state index in [1.807, 2.05) is 0 Å². The van der Waals surface area contributed by atoms with E-state index in [0.717, 1.165) is 22.6 Å². The summed E-state index contributed by atoms with van der Waals surface area (Å²) in [6, 6.07) is 2.28. The molecule has 1 saturated heterocycles. The number of ether oxygens (including phenoxy) is 6. The minimum atomic E-state index is -1.87. The van der Waals surface area contributed by atoms with Gasteiger partial charge in [-0.3, -0.25) is 57.6 Å². The molecule has 0 saturated carbocycles. The first-order valence-corrected chi connectivity index (χ1v) is 28.9. The predicted octanol–water partition coefficient (Wildman–Crippen LogP) is -3.88. The fraction of sp³-hybridized carbons (Fsp3) is 0.544. The number of hydrogen-bond acceptors (Lipinski definition) is 20. The van der Waals surface area contributed by atoms with Crippen LogP contribution in [0.4, 0.5) is 4.39 Å². The molecular weight excluding hydrogens is 1160 g/mol. The first kappa shape index (κ1) is 65.8. The number of carbonyl (C=O) groups excluding carboxylic acids is 10. The molecule has 3 aromatic rings. The molecule has 1 fully saturated rings. The number of aromatic nitrogens is 2. The summed E-state index contributed by atoms with van der Waals surface area (Å²) in [6.45, 7) is 2.75. The fourth-order valence-electron chi connectivity index (χ4n) is 10.6. The number of halogens is 1. The van der Waals surface area contributed by atoms with Gasteiger partial charge in [0.2, 0.25) is 41.4 Å². The van der Waals surface area contributed by atoms with Gasteiger partial charge in [-0.2, -0.15) is 0 Å². The summed E-state index contributed by atoms with van der Waals surface area (Å²) < 4.78 is 49.8. The van der Waals surface area contributed by atoms with E-state index in [4.69, 9.17) is 33.4 Å². The summed E-state index contributed by atoms with van der Waals surface area (Å²) in [5, 5.41) is 40.2. The van der Waals surface area contributed by atoms with E-state index >= 15 is 4.39 Å². The lowest BCUT2D eigenvalue weighted by Gasteiger charge is -2.37. The van der Waals surface area contributed by atoms with Gasteiger partial charge in [0, 0.05) is 72.8 Å². The normalized spacial score (nSPS) is 18.9. The number of aryl methyl sites for hydroxylation is 1. The SMILES string of the molecule is CC[C@@]1(O)c2cc3n(c(=O)c2COC1O)Cc1c-3nc2cc(F)c(C)c3c2c1[C@H](NC(=O)[C@H]1CN(C(=O)CNC(=O)CNC(=O)CNC(=O)CNC(=O)CNC(=O)CCOCCOCCOCCOCCNC(=O)CCN2C(=O)C=CC2=O)CCO1)CC3. The molecule has 0 bridgehead atoms. The number of hydrogen-bond donors (Lipinski definition) is 9. The predicted molar refractivity (Wildman–Crippen MR) is 302 cm³/mol. The number of nitrogens with one attached hydrogen (secondary N) is 7. The number of nitrogens with zero attached hydrogens (tertiary/aromatic N) is 4. The third-order valence-electron chi connectivity index (χ3n) is 15.4. The molecule has 0 spiro atoms. The quantitative estimate of drug-likeness (QED) is 0.0172. The second-order valence-electron chi connectivity index (χ2n) is 21.1. The lowest BCUT2D eigenvalue weighted by Crippen LogP contribution is -2.54. The van der Waals surface area contributed by atoms with Gasteiger partial charge < -0.3 is 85.3 Å². The summed E-state index contributed by atoms with van der Waals surface area (Å²) in [5.41, 5.74) is 1.55. The van der Waals surface area contributed by atoms with Crippen LogP contribution in [0.1, 0.15) is 72.0 Å². The zero-order chi connectivity index (χ0) is 63.1. The zero-order valence-corrected chi connectivity index (χ0v) is 48.7. The largest absolute Gasteiger partial charge is 0.380 e. The van der Waals surface area contributed by atoms with Gasteiger partial charge in [-0.05, 0) is 48.9 Å². The maximum Gasteiger partial charge on any atom is 0.257 e. The molecule has 5 aliphatic rings. The maximum absolute atomic E-state index is 15.5. The number of benzene rings is 1. The van der Waals surface area contributed by atoms with Crippen LogP contribution in [-0.2, 0) is 102 Å². The van der Waals surface area contributed by atoms with Gasteiger partial charge in [0.25, 0.3) is 23.3 Å². The molecule has 1 aliphatic carbocycles. The van der Waals surface area contributed by atoms with E-state index in [-0.39, 0.29) is 122 Å². The van der Waals surface area contributed by atoms with E-state index in [9.17, 15) is 63.0 Å². The molecule has 30 nitrogen and oxygen atoms in total. The Balaban J connectivity index is 0.655. The topological polar surface area (TPSA) is 392 Å². The summed E-state index contributed by atoms with van der Waals surface area (Å²) in [5.74, 6) is -6.11. The second kappa shape index (κ2) is 30.6. The Hall–Kier alpha value is -8.17. The van der Waals surface area contributed by atoms with Crippen molar-refractivity contribution in [1.82, 2.24) is 56.6 Å². The Morgan fingerprint density at radius 3 is 1.93 bits per heavy atom. The van der Waals surface area contributed by atoms with Crippen LogP contribution >= 0.6 is 0 Å². The Labute approximate surface area is 502 Å². The Morgan fingerprint density at radius 2 is 1.31 bits per heavy atom. The number of aliphatic hydroxyl groups is 2. The van der Waals surface area contributed by atoms with Gasteiger partial charge in [-0.15, -0.1) is 0 Å².